The van der Waals surface area contributed by atoms with Gasteiger partial charge in [-0.15, -0.1) is 0 Å². The third-order valence-corrected chi connectivity index (χ3v) is 0. The Morgan fingerprint density at radius 3 is 1.17 bits per heavy atom. The van der Waals surface area contributed by atoms with Gasteiger partial charge in [-0.25, -0.2) is 0 Å². The Bertz CT molecular complexity index is 23.0. The summed E-state index contributed by atoms with van der Waals surface area (Å²) in [5.74, 6) is 0. The van der Waals surface area contributed by atoms with E-state index in [1.165, 1.54) is 0 Å². The van der Waals surface area contributed by atoms with Crippen LogP contribution in [0.2, 0.25) is 4.31 Å². The van der Waals surface area contributed by atoms with Gasteiger partial charge in [0.1, 0.15) is 0 Å². The SMILES string of the molecule is CC(C)(C)[SeH].[LiH]. The zero-order valence-corrected chi connectivity index (χ0v) is 5.82. The number of rotatable bonds is 0. The Kier molecular flexibility index (Phi) is 5.36. The van der Waals surface area contributed by atoms with Gasteiger partial charge in [-0.2, -0.15) is 0 Å². The molecule has 0 bridgehead atoms. The molecule has 0 aliphatic heterocycles. The monoisotopic (exact) mass is 146 g/mol. The van der Waals surface area contributed by atoms with Gasteiger partial charge in [-0.3, -0.25) is 0 Å². The van der Waals surface area contributed by atoms with Crippen molar-refractivity contribution in [2.75, 3.05) is 0 Å². The second kappa shape index (κ2) is 3.16. The van der Waals surface area contributed by atoms with Crippen LogP contribution >= 0.6 is 0 Å². The molecule has 0 aromatic heterocycles. The Morgan fingerprint density at radius 2 is 1.17 bits per heavy atom. The van der Waals surface area contributed by atoms with Crippen LogP contribution in [0.1, 0.15) is 20.8 Å². The fourth-order valence-electron chi connectivity index (χ4n) is 0. The second-order valence-electron chi connectivity index (χ2n) is 2.17. The van der Waals surface area contributed by atoms with Crippen molar-refractivity contribution in [3.63, 3.8) is 0 Å². The first-order valence-electron chi connectivity index (χ1n) is 1.72. The Labute approximate surface area is 60.1 Å². The molecular formula is C4H11LiSe. The van der Waals surface area contributed by atoms with Crippen LogP contribution in [0, 0.1) is 0 Å². The molecule has 0 aliphatic rings. The van der Waals surface area contributed by atoms with Crippen molar-refractivity contribution in [2.45, 2.75) is 25.1 Å². The molecular weight excluding hydrogens is 134 g/mol. The first-order chi connectivity index (χ1) is 2.00. The van der Waals surface area contributed by atoms with Crippen molar-refractivity contribution in [2.24, 2.45) is 0 Å². The minimum atomic E-state index is 0. The third-order valence-electron chi connectivity index (χ3n) is 0. The van der Waals surface area contributed by atoms with Gasteiger partial charge in [0.15, 0.2) is 0 Å². The van der Waals surface area contributed by atoms with Crippen LogP contribution < -0.4 is 0 Å². The molecule has 0 saturated heterocycles. The molecule has 0 aromatic carbocycles. The summed E-state index contributed by atoms with van der Waals surface area (Å²) in [4.78, 5) is 0. The fraction of sp³-hybridized carbons (Fsp3) is 1.00. The van der Waals surface area contributed by atoms with E-state index in [0.717, 1.165) is 0 Å². The molecule has 0 spiro atoms. The van der Waals surface area contributed by atoms with Crippen molar-refractivity contribution < 1.29 is 0 Å². The van der Waals surface area contributed by atoms with Gasteiger partial charge < -0.3 is 0 Å². The van der Waals surface area contributed by atoms with Crippen molar-refractivity contribution >= 4 is 34.9 Å². The van der Waals surface area contributed by atoms with Crippen LogP contribution in [0.25, 0.3) is 0 Å². The van der Waals surface area contributed by atoms with Crippen LogP contribution in [0.15, 0.2) is 0 Å². The van der Waals surface area contributed by atoms with E-state index in [9.17, 15) is 0 Å². The molecule has 34 valence electrons. The summed E-state index contributed by atoms with van der Waals surface area (Å²) in [6, 6.07) is 0. The van der Waals surface area contributed by atoms with Crippen molar-refractivity contribution in [3.8, 4) is 0 Å². The maximum atomic E-state index is 2.58. The van der Waals surface area contributed by atoms with Gasteiger partial charge in [-0.05, 0) is 0 Å². The molecule has 0 aromatic rings. The van der Waals surface area contributed by atoms with Gasteiger partial charge in [0.25, 0.3) is 0 Å². The van der Waals surface area contributed by atoms with Gasteiger partial charge in [-0.1, -0.05) is 0 Å². The molecule has 0 aliphatic carbocycles. The van der Waals surface area contributed by atoms with E-state index in [1.54, 1.807) is 0 Å². The first kappa shape index (κ1) is 10.2. The molecule has 0 amide bonds. The molecule has 0 heterocycles. The van der Waals surface area contributed by atoms with Crippen molar-refractivity contribution in [1.29, 1.82) is 0 Å². The van der Waals surface area contributed by atoms with Crippen LogP contribution in [0.3, 0.4) is 0 Å². The molecule has 0 saturated carbocycles. The number of hydrogen-bond acceptors (Lipinski definition) is 0. The standard InChI is InChI=1S/C4H10Se.Li.H/c1-4(2,3)5;;/h5H,1-3H3;;. The zero-order chi connectivity index (χ0) is 4.50. The van der Waals surface area contributed by atoms with Crippen LogP contribution in [0.4, 0.5) is 0 Å². The maximum absolute atomic E-state index is 2.58. The Balaban J connectivity index is 0. The average molecular weight is 145 g/mol. The second-order valence-corrected chi connectivity index (χ2v) is 4.99. The van der Waals surface area contributed by atoms with Crippen molar-refractivity contribution in [1.82, 2.24) is 0 Å². The fourth-order valence-corrected chi connectivity index (χ4v) is 0. The average Bonchev–Trinajstić information content (AvgIpc) is 0.722. The molecule has 2 heteroatoms. The summed E-state index contributed by atoms with van der Waals surface area (Å²) in [7, 11) is 0. The van der Waals surface area contributed by atoms with E-state index in [-0.39, 0.29) is 18.9 Å². The van der Waals surface area contributed by atoms with E-state index in [4.69, 9.17) is 0 Å². The van der Waals surface area contributed by atoms with Crippen molar-refractivity contribution in [3.05, 3.63) is 0 Å². The molecule has 0 rings (SSSR count). The van der Waals surface area contributed by atoms with E-state index < -0.39 is 0 Å². The molecule has 6 heavy (non-hydrogen) atoms. The molecule has 0 radical (unpaired) electrons. The first-order valence-corrected chi connectivity index (χ1v) is 2.66. The van der Waals surface area contributed by atoms with Crippen LogP contribution in [0.5, 0.6) is 0 Å². The summed E-state index contributed by atoms with van der Waals surface area (Å²) >= 11 is 2.58. The van der Waals surface area contributed by atoms with E-state index >= 15 is 0 Å². The Morgan fingerprint density at radius 1 is 1.17 bits per heavy atom. The summed E-state index contributed by atoms with van der Waals surface area (Å²) in [6.45, 7) is 6.48. The Hall–Kier alpha value is 1.12. The quantitative estimate of drug-likeness (QED) is 0.434. The predicted octanol–water partition coefficient (Wildman–Crippen LogP) is 0.457. The predicted molar refractivity (Wildman–Crippen MR) is 34.0 cm³/mol. The zero-order valence-electron chi connectivity index (χ0n) is 3.95. The van der Waals surface area contributed by atoms with Crippen LogP contribution in [-0.2, 0) is 0 Å². The van der Waals surface area contributed by atoms with Gasteiger partial charge in [0.2, 0.25) is 0 Å². The van der Waals surface area contributed by atoms with Gasteiger partial charge in [0, 0.05) is 0 Å². The summed E-state index contributed by atoms with van der Waals surface area (Å²) in [5, 5.41) is 0. The normalized spacial score (nSPS) is 10.0. The topological polar surface area (TPSA) is 0 Å². The van der Waals surface area contributed by atoms with E-state index in [2.05, 4.69) is 36.8 Å². The molecule has 0 atom stereocenters. The van der Waals surface area contributed by atoms with Crippen LogP contribution in [-0.4, -0.2) is 34.9 Å². The third kappa shape index (κ3) is 69.5. The van der Waals surface area contributed by atoms with Gasteiger partial charge >= 0.3 is 60.0 Å². The van der Waals surface area contributed by atoms with Gasteiger partial charge in [0.05, 0.1) is 0 Å². The molecule has 0 unspecified atom stereocenters. The van der Waals surface area contributed by atoms with E-state index in [0.29, 0.717) is 4.31 Å². The van der Waals surface area contributed by atoms with E-state index in [1.807, 2.05) is 0 Å². The molecule has 0 nitrogen and oxygen atoms in total. The summed E-state index contributed by atoms with van der Waals surface area (Å²) < 4.78 is 0.438. The molecule has 0 N–H and O–H groups in total. The summed E-state index contributed by atoms with van der Waals surface area (Å²) in [6.07, 6.45) is 0. The minimum absolute atomic E-state index is 0. The number of hydrogen-bond donors (Lipinski definition) is 0. The molecule has 0 fully saturated rings. The summed E-state index contributed by atoms with van der Waals surface area (Å²) in [5.41, 5.74) is 0.